The zero-order valence-electron chi connectivity index (χ0n) is 17.0. The van der Waals surface area contributed by atoms with Gasteiger partial charge in [0.05, 0.1) is 40.7 Å². The van der Waals surface area contributed by atoms with Crippen molar-refractivity contribution in [1.29, 1.82) is 0 Å². The number of ether oxygens (including phenoxy) is 3. The predicted molar refractivity (Wildman–Crippen MR) is 107 cm³/mol. The summed E-state index contributed by atoms with van der Waals surface area (Å²) in [6.45, 7) is 4.91. The van der Waals surface area contributed by atoms with Gasteiger partial charge in [-0.25, -0.2) is 4.99 Å². The fraction of sp³-hybridized carbons (Fsp3) is 0.450. The number of aliphatic imine (C=N–C) groups is 1. The van der Waals surface area contributed by atoms with Gasteiger partial charge in [-0.3, -0.25) is 0 Å². The van der Waals surface area contributed by atoms with Gasteiger partial charge in [-0.2, -0.15) is 0 Å². The highest BCUT2D eigenvalue weighted by Crippen LogP contribution is 2.39. The highest BCUT2D eigenvalue weighted by molar-refractivity contribution is 5.80. The first kappa shape index (κ1) is 21.4. The monoisotopic (exact) mass is 391 g/mol. The van der Waals surface area contributed by atoms with Crippen LogP contribution in [0.4, 0.5) is 0 Å². The van der Waals surface area contributed by atoms with Gasteiger partial charge in [-0.15, -0.1) is 0 Å². The van der Waals surface area contributed by atoms with Gasteiger partial charge in [-0.1, -0.05) is 0 Å². The molecule has 8 heteroatoms. The van der Waals surface area contributed by atoms with E-state index in [4.69, 9.17) is 18.6 Å². The van der Waals surface area contributed by atoms with Crippen LogP contribution < -0.4 is 24.8 Å². The number of aliphatic hydroxyl groups is 1. The molecule has 1 aromatic heterocycles. The summed E-state index contributed by atoms with van der Waals surface area (Å²) in [5.41, 5.74) is -0.323. The summed E-state index contributed by atoms with van der Waals surface area (Å²) in [7, 11) is 4.72. The van der Waals surface area contributed by atoms with Gasteiger partial charge in [0.1, 0.15) is 11.4 Å². The first-order chi connectivity index (χ1) is 13.5. The lowest BCUT2D eigenvalue weighted by atomic mass is 10.0. The first-order valence-corrected chi connectivity index (χ1v) is 9.03. The van der Waals surface area contributed by atoms with Gasteiger partial charge in [0.2, 0.25) is 5.75 Å². The van der Waals surface area contributed by atoms with E-state index in [1.54, 1.807) is 40.4 Å². The molecule has 0 saturated heterocycles. The number of rotatable bonds is 9. The minimum Gasteiger partial charge on any atom is -0.493 e. The molecule has 1 aromatic carbocycles. The Bertz CT molecular complexity index is 772. The quantitative estimate of drug-likeness (QED) is 0.446. The zero-order valence-corrected chi connectivity index (χ0v) is 17.0. The predicted octanol–water partition coefficient (Wildman–Crippen LogP) is 2.27. The van der Waals surface area contributed by atoms with Gasteiger partial charge < -0.3 is 34.4 Å². The average molecular weight is 391 g/mol. The topological polar surface area (TPSA) is 97.5 Å². The third kappa shape index (κ3) is 5.10. The highest BCUT2D eigenvalue weighted by atomic mass is 16.5. The van der Waals surface area contributed by atoms with Crippen molar-refractivity contribution in [3.8, 4) is 17.2 Å². The SMILES string of the molecule is CCNC(=NCc1ccc(OC)c(OC)c1OC)NCC(C)(O)c1ccco1. The van der Waals surface area contributed by atoms with E-state index in [1.165, 1.54) is 6.26 Å². The Morgan fingerprint density at radius 1 is 1.11 bits per heavy atom. The number of nitrogens with zero attached hydrogens (tertiary/aromatic N) is 1. The molecule has 2 rings (SSSR count). The van der Waals surface area contributed by atoms with Gasteiger partial charge in [-0.05, 0) is 38.1 Å². The Morgan fingerprint density at radius 2 is 1.86 bits per heavy atom. The summed E-state index contributed by atoms with van der Waals surface area (Å²) >= 11 is 0. The molecule has 0 saturated carbocycles. The Morgan fingerprint density at radius 3 is 2.43 bits per heavy atom. The molecule has 154 valence electrons. The second-order valence-electron chi connectivity index (χ2n) is 6.29. The molecule has 0 fully saturated rings. The van der Waals surface area contributed by atoms with Crippen LogP contribution in [0.25, 0.3) is 0 Å². The van der Waals surface area contributed by atoms with Crippen LogP contribution >= 0.6 is 0 Å². The van der Waals surface area contributed by atoms with Crippen molar-refractivity contribution in [2.24, 2.45) is 4.99 Å². The molecule has 0 bridgehead atoms. The van der Waals surface area contributed by atoms with Crippen LogP contribution in [0.2, 0.25) is 0 Å². The fourth-order valence-corrected chi connectivity index (χ4v) is 2.72. The van der Waals surface area contributed by atoms with Crippen LogP contribution in [0.3, 0.4) is 0 Å². The van der Waals surface area contributed by atoms with E-state index in [9.17, 15) is 5.11 Å². The maximum absolute atomic E-state index is 10.6. The number of guanidine groups is 1. The van der Waals surface area contributed by atoms with Gasteiger partial charge in [0.25, 0.3) is 0 Å². The standard InChI is InChI=1S/C20H29N3O5/c1-6-21-19(23-13-20(2,24)16-8-7-11-28-16)22-12-14-9-10-15(25-3)18(27-5)17(14)26-4/h7-11,24H,6,12-13H2,1-5H3,(H2,21,22,23). The van der Waals surface area contributed by atoms with E-state index >= 15 is 0 Å². The Hall–Kier alpha value is -2.87. The van der Waals surface area contributed by atoms with Crippen molar-refractivity contribution in [1.82, 2.24) is 10.6 Å². The van der Waals surface area contributed by atoms with Crippen molar-refractivity contribution in [3.63, 3.8) is 0 Å². The summed E-state index contributed by atoms with van der Waals surface area (Å²) in [5, 5.41) is 16.9. The van der Waals surface area contributed by atoms with Crippen LogP contribution in [-0.2, 0) is 12.1 Å². The van der Waals surface area contributed by atoms with Gasteiger partial charge >= 0.3 is 0 Å². The summed E-state index contributed by atoms with van der Waals surface area (Å²) in [6.07, 6.45) is 1.53. The smallest absolute Gasteiger partial charge is 0.203 e. The third-order valence-corrected chi connectivity index (χ3v) is 4.19. The molecule has 1 atom stereocenters. The number of furan rings is 1. The molecule has 1 unspecified atom stereocenters. The summed E-state index contributed by atoms with van der Waals surface area (Å²) < 4.78 is 21.5. The maximum atomic E-state index is 10.6. The van der Waals surface area contributed by atoms with E-state index in [2.05, 4.69) is 15.6 Å². The molecule has 2 aromatic rings. The number of benzene rings is 1. The van der Waals surface area contributed by atoms with Crippen molar-refractivity contribution < 1.29 is 23.7 Å². The van der Waals surface area contributed by atoms with Crippen molar-refractivity contribution >= 4 is 5.96 Å². The molecule has 0 aliphatic heterocycles. The van der Waals surface area contributed by atoms with E-state index in [-0.39, 0.29) is 6.54 Å². The fourth-order valence-electron chi connectivity index (χ4n) is 2.72. The second kappa shape index (κ2) is 9.89. The molecule has 0 amide bonds. The van der Waals surface area contributed by atoms with Crippen molar-refractivity contribution in [2.45, 2.75) is 26.0 Å². The molecule has 8 nitrogen and oxygen atoms in total. The third-order valence-electron chi connectivity index (χ3n) is 4.19. The van der Waals surface area contributed by atoms with Crippen LogP contribution in [0, 0.1) is 0 Å². The first-order valence-electron chi connectivity index (χ1n) is 9.03. The van der Waals surface area contributed by atoms with E-state index < -0.39 is 5.60 Å². The zero-order chi connectivity index (χ0) is 20.6. The van der Waals surface area contributed by atoms with Crippen LogP contribution in [0.1, 0.15) is 25.2 Å². The maximum Gasteiger partial charge on any atom is 0.203 e. The molecule has 0 aliphatic carbocycles. The molecular weight excluding hydrogens is 362 g/mol. The average Bonchev–Trinajstić information content (AvgIpc) is 3.25. The number of hydrogen-bond donors (Lipinski definition) is 3. The summed E-state index contributed by atoms with van der Waals surface area (Å²) in [6, 6.07) is 7.17. The Kier molecular flexibility index (Phi) is 7.57. The van der Waals surface area contributed by atoms with E-state index in [0.717, 1.165) is 5.56 Å². The lowest BCUT2D eigenvalue weighted by molar-refractivity contribution is 0.0386. The molecule has 0 spiro atoms. The lowest BCUT2D eigenvalue weighted by Crippen LogP contribution is -2.44. The minimum atomic E-state index is -1.17. The summed E-state index contributed by atoms with van der Waals surface area (Å²) in [5.74, 6) is 2.73. The minimum absolute atomic E-state index is 0.232. The van der Waals surface area contributed by atoms with Gasteiger partial charge in [0, 0.05) is 12.1 Å². The van der Waals surface area contributed by atoms with Crippen LogP contribution in [0.15, 0.2) is 39.9 Å². The molecule has 0 aliphatic rings. The van der Waals surface area contributed by atoms with E-state index in [1.807, 2.05) is 19.1 Å². The molecule has 28 heavy (non-hydrogen) atoms. The number of methoxy groups -OCH3 is 3. The lowest BCUT2D eigenvalue weighted by Gasteiger charge is -2.22. The molecule has 1 heterocycles. The largest absolute Gasteiger partial charge is 0.493 e. The molecular formula is C20H29N3O5. The van der Waals surface area contributed by atoms with Crippen LogP contribution in [0.5, 0.6) is 17.2 Å². The number of nitrogens with one attached hydrogen (secondary N) is 2. The van der Waals surface area contributed by atoms with Gasteiger partial charge in [0.15, 0.2) is 17.5 Å². The molecule has 0 radical (unpaired) electrons. The Labute approximate surface area is 165 Å². The van der Waals surface area contributed by atoms with Crippen molar-refractivity contribution in [2.75, 3.05) is 34.4 Å². The Balaban J connectivity index is 2.16. The summed E-state index contributed by atoms with van der Waals surface area (Å²) in [4.78, 5) is 4.58. The van der Waals surface area contributed by atoms with Crippen molar-refractivity contribution in [3.05, 3.63) is 41.9 Å². The normalized spacial score (nSPS) is 13.6. The van der Waals surface area contributed by atoms with Crippen LogP contribution in [-0.4, -0.2) is 45.5 Å². The number of hydrogen-bond acceptors (Lipinski definition) is 6. The highest BCUT2D eigenvalue weighted by Gasteiger charge is 2.26. The molecule has 3 N–H and O–H groups in total. The second-order valence-corrected chi connectivity index (χ2v) is 6.29. The van der Waals surface area contributed by atoms with E-state index in [0.29, 0.717) is 42.1 Å².